The average Bonchev–Trinajstić information content (AvgIpc) is 2.27. The number of nitrogens with zero attached hydrogens (tertiary/aromatic N) is 2. The van der Waals surface area contributed by atoms with Gasteiger partial charge in [-0.1, -0.05) is 20.3 Å². The molecule has 0 spiro atoms. The highest BCUT2D eigenvalue weighted by Crippen LogP contribution is 2.36. The van der Waals surface area contributed by atoms with Crippen molar-refractivity contribution in [3.8, 4) is 0 Å². The van der Waals surface area contributed by atoms with Crippen LogP contribution in [-0.2, 0) is 0 Å². The first-order chi connectivity index (χ1) is 9.06. The summed E-state index contributed by atoms with van der Waals surface area (Å²) in [6.07, 6.45) is 3.85. The molecule has 0 unspecified atom stereocenters. The van der Waals surface area contributed by atoms with E-state index < -0.39 is 0 Å². The van der Waals surface area contributed by atoms with E-state index >= 15 is 0 Å². The van der Waals surface area contributed by atoms with Crippen LogP contribution in [0, 0.1) is 13.8 Å². The standard InChI is InChI=1S/C17H22N2/c1-10(2)16-14-8-11(3)12(4)9-15(14)18-17(19-16)13-6-5-7-13/h8-10,13H,5-7H2,1-4H3. The van der Waals surface area contributed by atoms with Crippen molar-refractivity contribution in [1.29, 1.82) is 0 Å². The van der Waals surface area contributed by atoms with Gasteiger partial charge in [0.25, 0.3) is 0 Å². The van der Waals surface area contributed by atoms with Crippen molar-refractivity contribution in [3.05, 3.63) is 34.8 Å². The Balaban J connectivity index is 2.24. The minimum Gasteiger partial charge on any atom is -0.237 e. The second kappa shape index (κ2) is 4.59. The number of hydrogen-bond donors (Lipinski definition) is 0. The third kappa shape index (κ3) is 2.13. The first kappa shape index (κ1) is 12.6. The van der Waals surface area contributed by atoms with Crippen molar-refractivity contribution in [1.82, 2.24) is 9.97 Å². The van der Waals surface area contributed by atoms with E-state index in [1.54, 1.807) is 0 Å². The van der Waals surface area contributed by atoms with E-state index in [0.29, 0.717) is 11.8 Å². The predicted molar refractivity (Wildman–Crippen MR) is 79.7 cm³/mol. The average molecular weight is 254 g/mol. The molecule has 1 aromatic carbocycles. The van der Waals surface area contributed by atoms with E-state index in [1.165, 1.54) is 41.5 Å². The summed E-state index contributed by atoms with van der Waals surface area (Å²) in [6.45, 7) is 8.77. The Kier molecular flexibility index (Phi) is 3.04. The van der Waals surface area contributed by atoms with E-state index in [1.807, 2.05) is 0 Å². The summed E-state index contributed by atoms with van der Waals surface area (Å²) in [6, 6.07) is 4.48. The van der Waals surface area contributed by atoms with Crippen LogP contribution in [0.4, 0.5) is 0 Å². The number of benzene rings is 1. The Morgan fingerprint density at radius 2 is 1.74 bits per heavy atom. The molecule has 1 saturated carbocycles. The van der Waals surface area contributed by atoms with Crippen LogP contribution in [-0.4, -0.2) is 9.97 Å². The maximum Gasteiger partial charge on any atom is 0.132 e. The molecule has 3 rings (SSSR count). The highest BCUT2D eigenvalue weighted by Gasteiger charge is 2.24. The molecular weight excluding hydrogens is 232 g/mol. The van der Waals surface area contributed by atoms with Gasteiger partial charge in [0.1, 0.15) is 5.82 Å². The lowest BCUT2D eigenvalue weighted by atomic mass is 9.84. The van der Waals surface area contributed by atoms with Gasteiger partial charge in [0.2, 0.25) is 0 Å². The lowest BCUT2D eigenvalue weighted by Crippen LogP contribution is -2.14. The molecule has 2 nitrogen and oxygen atoms in total. The molecule has 0 N–H and O–H groups in total. The normalized spacial score (nSPS) is 16.1. The highest BCUT2D eigenvalue weighted by molar-refractivity contribution is 5.83. The SMILES string of the molecule is Cc1cc2nc(C3CCC3)nc(C(C)C)c2cc1C. The van der Waals surface area contributed by atoms with E-state index in [4.69, 9.17) is 9.97 Å². The van der Waals surface area contributed by atoms with Crippen LogP contribution in [0.15, 0.2) is 12.1 Å². The van der Waals surface area contributed by atoms with E-state index in [9.17, 15) is 0 Å². The quantitative estimate of drug-likeness (QED) is 0.780. The molecule has 19 heavy (non-hydrogen) atoms. The van der Waals surface area contributed by atoms with E-state index in [2.05, 4.69) is 39.8 Å². The summed E-state index contributed by atoms with van der Waals surface area (Å²) in [5.41, 5.74) is 4.99. The van der Waals surface area contributed by atoms with Crippen LogP contribution in [0.3, 0.4) is 0 Å². The van der Waals surface area contributed by atoms with Gasteiger partial charge in [0, 0.05) is 11.3 Å². The second-order valence-corrected chi connectivity index (χ2v) is 6.20. The van der Waals surface area contributed by atoms with Gasteiger partial charge < -0.3 is 0 Å². The van der Waals surface area contributed by atoms with Crippen molar-refractivity contribution in [2.75, 3.05) is 0 Å². The lowest BCUT2D eigenvalue weighted by molar-refractivity contribution is 0.401. The molecule has 2 heteroatoms. The molecular formula is C17H22N2. The molecule has 100 valence electrons. The van der Waals surface area contributed by atoms with E-state index in [0.717, 1.165) is 11.3 Å². The molecule has 0 aliphatic heterocycles. The summed E-state index contributed by atoms with van der Waals surface area (Å²) in [7, 11) is 0. The van der Waals surface area contributed by atoms with Crippen LogP contribution in [0.2, 0.25) is 0 Å². The third-order valence-corrected chi connectivity index (χ3v) is 4.38. The van der Waals surface area contributed by atoms with Crippen molar-refractivity contribution in [2.24, 2.45) is 0 Å². The molecule has 0 atom stereocenters. The Labute approximate surface area is 115 Å². The minimum atomic E-state index is 0.450. The zero-order valence-electron chi connectivity index (χ0n) is 12.3. The van der Waals surface area contributed by atoms with Gasteiger partial charge >= 0.3 is 0 Å². The maximum atomic E-state index is 4.88. The molecule has 1 aliphatic rings. The zero-order chi connectivity index (χ0) is 13.6. The molecule has 1 aromatic heterocycles. The monoisotopic (exact) mass is 254 g/mol. The number of aromatic nitrogens is 2. The molecule has 0 bridgehead atoms. The van der Waals surface area contributed by atoms with Crippen LogP contribution in [0.1, 0.15) is 67.6 Å². The molecule has 0 radical (unpaired) electrons. The van der Waals surface area contributed by atoms with E-state index in [-0.39, 0.29) is 0 Å². The Morgan fingerprint density at radius 3 is 2.32 bits per heavy atom. The topological polar surface area (TPSA) is 25.8 Å². The van der Waals surface area contributed by atoms with Crippen LogP contribution >= 0.6 is 0 Å². The number of aryl methyl sites for hydroxylation is 2. The summed E-state index contributed by atoms with van der Waals surface area (Å²) >= 11 is 0. The second-order valence-electron chi connectivity index (χ2n) is 6.20. The largest absolute Gasteiger partial charge is 0.237 e. The van der Waals surface area contributed by atoms with Gasteiger partial charge in [0.15, 0.2) is 0 Å². The third-order valence-electron chi connectivity index (χ3n) is 4.38. The van der Waals surface area contributed by atoms with Gasteiger partial charge in [-0.2, -0.15) is 0 Å². The molecule has 1 aliphatic carbocycles. The smallest absolute Gasteiger partial charge is 0.132 e. The fourth-order valence-corrected chi connectivity index (χ4v) is 2.72. The van der Waals surface area contributed by atoms with Gasteiger partial charge in [-0.3, -0.25) is 0 Å². The fourth-order valence-electron chi connectivity index (χ4n) is 2.72. The lowest BCUT2D eigenvalue weighted by Gasteiger charge is -2.25. The number of fused-ring (bicyclic) bond motifs is 1. The summed E-state index contributed by atoms with van der Waals surface area (Å²) in [5, 5.41) is 1.24. The van der Waals surface area contributed by atoms with Gasteiger partial charge in [-0.05, 0) is 55.9 Å². The fraction of sp³-hybridized carbons (Fsp3) is 0.529. The molecule has 1 fully saturated rings. The molecule has 0 saturated heterocycles. The van der Waals surface area contributed by atoms with Crippen LogP contribution in [0.5, 0.6) is 0 Å². The van der Waals surface area contributed by atoms with Crippen LogP contribution < -0.4 is 0 Å². The first-order valence-corrected chi connectivity index (χ1v) is 7.35. The summed E-state index contributed by atoms with van der Waals surface area (Å²) in [5.74, 6) is 2.13. The Hall–Kier alpha value is -1.44. The van der Waals surface area contributed by atoms with Crippen molar-refractivity contribution < 1.29 is 0 Å². The maximum absolute atomic E-state index is 4.88. The first-order valence-electron chi connectivity index (χ1n) is 7.35. The van der Waals surface area contributed by atoms with Gasteiger partial charge in [-0.15, -0.1) is 0 Å². The Bertz CT molecular complexity index is 625. The van der Waals surface area contributed by atoms with Crippen molar-refractivity contribution in [3.63, 3.8) is 0 Å². The zero-order valence-corrected chi connectivity index (χ0v) is 12.3. The molecule has 2 aromatic rings. The highest BCUT2D eigenvalue weighted by atomic mass is 14.9. The minimum absolute atomic E-state index is 0.450. The molecule has 0 amide bonds. The predicted octanol–water partition coefficient (Wildman–Crippen LogP) is 4.64. The summed E-state index contributed by atoms with van der Waals surface area (Å²) in [4.78, 5) is 9.71. The Morgan fingerprint density at radius 1 is 1.05 bits per heavy atom. The number of hydrogen-bond acceptors (Lipinski definition) is 2. The van der Waals surface area contributed by atoms with Crippen molar-refractivity contribution in [2.45, 2.75) is 58.8 Å². The van der Waals surface area contributed by atoms with Gasteiger partial charge in [0.05, 0.1) is 11.2 Å². The molecule has 1 heterocycles. The van der Waals surface area contributed by atoms with Crippen LogP contribution in [0.25, 0.3) is 10.9 Å². The van der Waals surface area contributed by atoms with Gasteiger partial charge in [-0.25, -0.2) is 9.97 Å². The van der Waals surface area contributed by atoms with Crippen molar-refractivity contribution >= 4 is 10.9 Å². The number of rotatable bonds is 2. The summed E-state index contributed by atoms with van der Waals surface area (Å²) < 4.78 is 0.